The van der Waals surface area contributed by atoms with Crippen LogP contribution in [-0.4, -0.2) is 10.2 Å². The van der Waals surface area contributed by atoms with Crippen molar-refractivity contribution in [3.8, 4) is 11.5 Å². The number of phenolic OH excluding ortho intramolecular Hbond substituents is 2. The van der Waals surface area contributed by atoms with Crippen LogP contribution in [0.4, 0.5) is 0 Å². The van der Waals surface area contributed by atoms with Gasteiger partial charge in [-0.2, -0.15) is 0 Å². The van der Waals surface area contributed by atoms with E-state index in [0.717, 1.165) is 0 Å². The first-order valence-electron chi connectivity index (χ1n) is 5.68. The molecule has 0 unspecified atom stereocenters. The number of fused-ring (bicyclic) bond motifs is 1. The Hall–Kier alpha value is -2.48. The van der Waals surface area contributed by atoms with Gasteiger partial charge in [-0.15, -0.1) is 0 Å². The lowest BCUT2D eigenvalue weighted by atomic mass is 10.1. The lowest BCUT2D eigenvalue weighted by Gasteiger charge is -1.92. The molecule has 90 valence electrons. The van der Waals surface area contributed by atoms with E-state index < -0.39 is 0 Å². The summed E-state index contributed by atoms with van der Waals surface area (Å²) in [4.78, 5) is 0. The van der Waals surface area contributed by atoms with Gasteiger partial charge < -0.3 is 10.2 Å². The maximum absolute atomic E-state index is 8.67. The zero-order valence-corrected chi connectivity index (χ0v) is 9.82. The lowest BCUT2D eigenvalue weighted by molar-refractivity contribution is 0.404. The predicted molar refractivity (Wildman–Crippen MR) is 73.7 cm³/mol. The summed E-state index contributed by atoms with van der Waals surface area (Å²) < 4.78 is 0. The average Bonchev–Trinajstić information content (AvgIpc) is 2.43. The topological polar surface area (TPSA) is 40.5 Å². The second kappa shape index (κ2) is 5.73. The van der Waals surface area contributed by atoms with Gasteiger partial charge in [-0.3, -0.25) is 0 Å². The highest BCUT2D eigenvalue weighted by Crippen LogP contribution is 2.21. The van der Waals surface area contributed by atoms with Crippen LogP contribution in [0.25, 0.3) is 10.8 Å². The van der Waals surface area contributed by atoms with Crippen LogP contribution in [-0.2, 0) is 0 Å². The molecular formula is C16H14O2. The van der Waals surface area contributed by atoms with Crippen LogP contribution in [0.3, 0.4) is 0 Å². The molecule has 3 aromatic rings. The molecule has 3 rings (SSSR count). The van der Waals surface area contributed by atoms with Crippen molar-refractivity contribution < 1.29 is 10.2 Å². The van der Waals surface area contributed by atoms with Crippen LogP contribution >= 0.6 is 0 Å². The Morgan fingerprint density at radius 3 is 1.00 bits per heavy atom. The minimum absolute atomic E-state index is 0.0764. The van der Waals surface area contributed by atoms with Crippen molar-refractivity contribution >= 4 is 10.8 Å². The number of hydrogen-bond acceptors (Lipinski definition) is 2. The summed E-state index contributed by atoms with van der Waals surface area (Å²) in [6, 6.07) is 22.9. The Bertz CT molecular complexity index is 546. The fourth-order valence-corrected chi connectivity index (χ4v) is 1.60. The smallest absolute Gasteiger partial charge is 0.157 e. The summed E-state index contributed by atoms with van der Waals surface area (Å²) >= 11 is 0. The van der Waals surface area contributed by atoms with Crippen molar-refractivity contribution in [1.29, 1.82) is 0 Å². The third-order valence-electron chi connectivity index (χ3n) is 2.54. The molecule has 0 amide bonds. The van der Waals surface area contributed by atoms with Gasteiger partial charge in [0.2, 0.25) is 0 Å². The van der Waals surface area contributed by atoms with Crippen LogP contribution in [0, 0.1) is 0 Å². The summed E-state index contributed by atoms with van der Waals surface area (Å²) in [6.07, 6.45) is 0. The van der Waals surface area contributed by atoms with E-state index in [0.29, 0.717) is 0 Å². The van der Waals surface area contributed by atoms with E-state index in [2.05, 4.69) is 48.5 Å². The molecule has 2 heteroatoms. The van der Waals surface area contributed by atoms with Crippen LogP contribution in [0.1, 0.15) is 0 Å². The molecule has 0 atom stereocenters. The molecule has 3 aromatic carbocycles. The molecule has 18 heavy (non-hydrogen) atoms. The minimum Gasteiger partial charge on any atom is -0.504 e. The summed E-state index contributed by atoms with van der Waals surface area (Å²) in [5, 5.41) is 20.0. The molecule has 0 aromatic heterocycles. The molecule has 2 nitrogen and oxygen atoms in total. The standard InChI is InChI=1S/C10H8.C6H6O2/c1-2-6-10-8-4-3-7-9(10)5-1;7-5-3-1-2-4-6(5)8/h1-8H;1-4,7-8H. The number of phenols is 2. The molecular weight excluding hydrogens is 224 g/mol. The van der Waals surface area contributed by atoms with Gasteiger partial charge in [-0.05, 0) is 22.9 Å². The highest BCUT2D eigenvalue weighted by atomic mass is 16.3. The van der Waals surface area contributed by atoms with Crippen LogP contribution in [0.2, 0.25) is 0 Å². The van der Waals surface area contributed by atoms with E-state index in [1.807, 2.05) is 0 Å². The van der Waals surface area contributed by atoms with Crippen LogP contribution in [0.5, 0.6) is 11.5 Å². The third-order valence-corrected chi connectivity index (χ3v) is 2.54. The molecule has 0 bridgehead atoms. The summed E-state index contributed by atoms with van der Waals surface area (Å²) in [5.41, 5.74) is 0. The second-order valence-electron chi connectivity index (χ2n) is 3.84. The summed E-state index contributed by atoms with van der Waals surface area (Å²) in [5.74, 6) is -0.153. The maximum atomic E-state index is 8.67. The number of para-hydroxylation sites is 2. The molecule has 0 radical (unpaired) electrons. The first-order valence-corrected chi connectivity index (χ1v) is 5.68. The van der Waals surface area contributed by atoms with E-state index in [9.17, 15) is 0 Å². The molecule has 0 saturated carbocycles. The van der Waals surface area contributed by atoms with Gasteiger partial charge >= 0.3 is 0 Å². The molecule has 0 aliphatic rings. The zero-order chi connectivity index (χ0) is 12.8. The van der Waals surface area contributed by atoms with Gasteiger partial charge in [0.05, 0.1) is 0 Å². The van der Waals surface area contributed by atoms with Gasteiger partial charge in [0.15, 0.2) is 11.5 Å². The molecule has 0 aliphatic carbocycles. The molecule has 0 aliphatic heterocycles. The molecule has 0 saturated heterocycles. The quantitative estimate of drug-likeness (QED) is 0.582. The van der Waals surface area contributed by atoms with Crippen molar-refractivity contribution in [2.45, 2.75) is 0 Å². The van der Waals surface area contributed by atoms with E-state index in [1.54, 1.807) is 12.1 Å². The van der Waals surface area contributed by atoms with Gasteiger partial charge in [0.25, 0.3) is 0 Å². The van der Waals surface area contributed by atoms with Crippen LogP contribution < -0.4 is 0 Å². The van der Waals surface area contributed by atoms with Crippen LogP contribution in [0.15, 0.2) is 72.8 Å². The largest absolute Gasteiger partial charge is 0.504 e. The number of benzene rings is 3. The maximum Gasteiger partial charge on any atom is 0.157 e. The van der Waals surface area contributed by atoms with Crippen molar-refractivity contribution in [2.75, 3.05) is 0 Å². The molecule has 2 N–H and O–H groups in total. The number of rotatable bonds is 0. The first kappa shape index (κ1) is 12.0. The number of aromatic hydroxyl groups is 2. The fraction of sp³-hybridized carbons (Fsp3) is 0. The molecule has 0 spiro atoms. The Morgan fingerprint density at radius 2 is 0.722 bits per heavy atom. The van der Waals surface area contributed by atoms with Gasteiger partial charge in [-0.1, -0.05) is 60.7 Å². The Balaban J connectivity index is 0.000000138. The van der Waals surface area contributed by atoms with E-state index >= 15 is 0 Å². The first-order chi connectivity index (χ1) is 8.77. The fourth-order valence-electron chi connectivity index (χ4n) is 1.60. The normalized spacial score (nSPS) is 9.56. The molecule has 0 heterocycles. The highest BCUT2D eigenvalue weighted by molar-refractivity contribution is 5.81. The Morgan fingerprint density at radius 1 is 0.444 bits per heavy atom. The van der Waals surface area contributed by atoms with Gasteiger partial charge in [0, 0.05) is 0 Å². The SMILES string of the molecule is Oc1ccccc1O.c1ccc2ccccc2c1. The van der Waals surface area contributed by atoms with Gasteiger partial charge in [-0.25, -0.2) is 0 Å². The molecule has 0 fully saturated rings. The predicted octanol–water partition coefficient (Wildman–Crippen LogP) is 3.94. The minimum atomic E-state index is -0.0764. The summed E-state index contributed by atoms with van der Waals surface area (Å²) in [7, 11) is 0. The lowest BCUT2D eigenvalue weighted by Crippen LogP contribution is -1.67. The Labute approximate surface area is 106 Å². The zero-order valence-electron chi connectivity index (χ0n) is 9.82. The van der Waals surface area contributed by atoms with E-state index in [-0.39, 0.29) is 11.5 Å². The van der Waals surface area contributed by atoms with E-state index in [1.165, 1.54) is 22.9 Å². The highest BCUT2D eigenvalue weighted by Gasteiger charge is 1.90. The van der Waals surface area contributed by atoms with E-state index in [4.69, 9.17) is 10.2 Å². The van der Waals surface area contributed by atoms with Crippen molar-refractivity contribution in [2.24, 2.45) is 0 Å². The monoisotopic (exact) mass is 238 g/mol. The number of hydrogen-bond donors (Lipinski definition) is 2. The second-order valence-corrected chi connectivity index (χ2v) is 3.84. The van der Waals surface area contributed by atoms with Crippen molar-refractivity contribution in [3.63, 3.8) is 0 Å². The third kappa shape index (κ3) is 3.01. The van der Waals surface area contributed by atoms with Gasteiger partial charge in [0.1, 0.15) is 0 Å². The van der Waals surface area contributed by atoms with Crippen molar-refractivity contribution in [1.82, 2.24) is 0 Å². The van der Waals surface area contributed by atoms with Crippen molar-refractivity contribution in [3.05, 3.63) is 72.8 Å². The summed E-state index contributed by atoms with van der Waals surface area (Å²) in [6.45, 7) is 0. The average molecular weight is 238 g/mol. The Kier molecular flexibility index (Phi) is 3.82.